The quantitative estimate of drug-likeness (QED) is 0.803. The molecule has 1 aromatic carbocycles. The summed E-state index contributed by atoms with van der Waals surface area (Å²) in [6.07, 6.45) is 0.191. The molecule has 136 valence electrons. The Kier molecular flexibility index (Phi) is 5.71. The number of hydrogen-bond acceptors (Lipinski definition) is 6. The summed E-state index contributed by atoms with van der Waals surface area (Å²) in [6.45, 7) is 13.1. The average molecular weight is 344 g/mol. The fourth-order valence-corrected chi connectivity index (χ4v) is 3.19. The molecule has 6 heteroatoms. The van der Waals surface area contributed by atoms with Crippen molar-refractivity contribution in [2.75, 3.05) is 26.2 Å². The van der Waals surface area contributed by atoms with Crippen molar-refractivity contribution in [1.82, 2.24) is 19.9 Å². The van der Waals surface area contributed by atoms with Crippen LogP contribution in [-0.4, -0.2) is 52.2 Å². The van der Waals surface area contributed by atoms with Crippen LogP contribution in [0.1, 0.15) is 44.1 Å². The van der Waals surface area contributed by atoms with E-state index >= 15 is 0 Å². The lowest BCUT2D eigenvalue weighted by molar-refractivity contribution is 0.0837. The van der Waals surface area contributed by atoms with Gasteiger partial charge in [-0.25, -0.2) is 0 Å². The van der Waals surface area contributed by atoms with Gasteiger partial charge in [0, 0.05) is 38.3 Å². The first-order valence-corrected chi connectivity index (χ1v) is 9.04. The van der Waals surface area contributed by atoms with Gasteiger partial charge in [-0.3, -0.25) is 9.80 Å². The number of nitrogens with zero attached hydrogens (tertiary/aromatic N) is 4. The predicted octanol–water partition coefficient (Wildman–Crippen LogP) is 3.04. The van der Waals surface area contributed by atoms with E-state index in [9.17, 15) is 0 Å². The third-order valence-electron chi connectivity index (χ3n) is 4.58. The first-order chi connectivity index (χ1) is 12.0. The monoisotopic (exact) mass is 344 g/mol. The van der Waals surface area contributed by atoms with Crippen LogP contribution in [0.3, 0.4) is 0 Å². The standard InChI is InChI=1S/C19H28N4O2/c1-14(2)24-18-8-6-5-7-17(18)13-22-9-11-23(12-10-22)15(3)19-20-16(4)21-25-19/h5-8,14-15H,9-13H2,1-4H3/t15-/m1/s1. The van der Waals surface area contributed by atoms with Gasteiger partial charge in [0.15, 0.2) is 5.82 Å². The lowest BCUT2D eigenvalue weighted by Gasteiger charge is -2.37. The van der Waals surface area contributed by atoms with Crippen LogP contribution >= 0.6 is 0 Å². The summed E-state index contributed by atoms with van der Waals surface area (Å²) >= 11 is 0. The molecule has 1 atom stereocenters. The van der Waals surface area contributed by atoms with Gasteiger partial charge in [-0.15, -0.1) is 0 Å². The van der Waals surface area contributed by atoms with E-state index < -0.39 is 0 Å². The largest absolute Gasteiger partial charge is 0.491 e. The normalized spacial score (nSPS) is 17.8. The molecule has 2 heterocycles. The molecular weight excluding hydrogens is 316 g/mol. The van der Waals surface area contributed by atoms with Gasteiger partial charge >= 0.3 is 0 Å². The zero-order chi connectivity index (χ0) is 17.8. The van der Waals surface area contributed by atoms with Crippen molar-refractivity contribution >= 4 is 0 Å². The fraction of sp³-hybridized carbons (Fsp3) is 0.579. The molecule has 0 saturated carbocycles. The van der Waals surface area contributed by atoms with Gasteiger partial charge in [0.25, 0.3) is 0 Å². The Bertz CT molecular complexity index is 678. The van der Waals surface area contributed by atoms with Crippen LogP contribution in [0.5, 0.6) is 5.75 Å². The average Bonchev–Trinajstić information content (AvgIpc) is 3.03. The Morgan fingerprint density at radius 1 is 1.12 bits per heavy atom. The van der Waals surface area contributed by atoms with Crippen molar-refractivity contribution in [3.63, 3.8) is 0 Å². The second-order valence-corrected chi connectivity index (χ2v) is 6.94. The summed E-state index contributed by atoms with van der Waals surface area (Å²) in [4.78, 5) is 9.24. The van der Waals surface area contributed by atoms with Gasteiger partial charge in [0.05, 0.1) is 12.1 Å². The molecule has 1 aromatic heterocycles. The van der Waals surface area contributed by atoms with Crippen molar-refractivity contribution in [3.05, 3.63) is 41.5 Å². The number of para-hydroxylation sites is 1. The molecule has 2 aromatic rings. The van der Waals surface area contributed by atoms with Crippen molar-refractivity contribution in [3.8, 4) is 5.75 Å². The van der Waals surface area contributed by atoms with Crippen molar-refractivity contribution < 1.29 is 9.26 Å². The molecule has 0 radical (unpaired) electrons. The van der Waals surface area contributed by atoms with E-state index in [1.165, 1.54) is 5.56 Å². The molecular formula is C19H28N4O2. The van der Waals surface area contributed by atoms with Crippen LogP contribution in [0.4, 0.5) is 0 Å². The molecule has 1 aliphatic rings. The van der Waals surface area contributed by atoms with Gasteiger partial charge in [-0.1, -0.05) is 23.4 Å². The number of aryl methyl sites for hydroxylation is 1. The van der Waals surface area contributed by atoms with E-state index in [0.29, 0.717) is 11.7 Å². The van der Waals surface area contributed by atoms with Crippen LogP contribution < -0.4 is 4.74 Å². The van der Waals surface area contributed by atoms with E-state index in [1.54, 1.807) is 0 Å². The van der Waals surface area contributed by atoms with Crippen molar-refractivity contribution in [2.45, 2.75) is 46.4 Å². The van der Waals surface area contributed by atoms with E-state index in [0.717, 1.165) is 38.5 Å². The third kappa shape index (κ3) is 4.58. The minimum Gasteiger partial charge on any atom is -0.491 e. The minimum atomic E-state index is 0.167. The van der Waals surface area contributed by atoms with Crippen LogP contribution in [0.25, 0.3) is 0 Å². The lowest BCUT2D eigenvalue weighted by atomic mass is 10.1. The maximum Gasteiger partial charge on any atom is 0.243 e. The highest BCUT2D eigenvalue weighted by Crippen LogP contribution is 2.24. The highest BCUT2D eigenvalue weighted by molar-refractivity contribution is 5.33. The smallest absolute Gasteiger partial charge is 0.243 e. The van der Waals surface area contributed by atoms with Crippen molar-refractivity contribution in [1.29, 1.82) is 0 Å². The van der Waals surface area contributed by atoms with Gasteiger partial charge in [-0.2, -0.15) is 4.98 Å². The molecule has 1 fully saturated rings. The first-order valence-electron chi connectivity index (χ1n) is 9.04. The van der Waals surface area contributed by atoms with E-state index in [1.807, 2.05) is 13.0 Å². The summed E-state index contributed by atoms with van der Waals surface area (Å²) in [7, 11) is 0. The van der Waals surface area contributed by atoms with Crippen LogP contribution in [0, 0.1) is 6.92 Å². The summed E-state index contributed by atoms with van der Waals surface area (Å²) in [6, 6.07) is 8.51. The SMILES string of the molecule is Cc1noc([C@@H](C)N2CCN(Cc3ccccc3OC(C)C)CC2)n1. The molecule has 0 aliphatic carbocycles. The molecule has 0 amide bonds. The molecule has 1 aliphatic heterocycles. The number of rotatable bonds is 6. The second-order valence-electron chi connectivity index (χ2n) is 6.94. The Balaban J connectivity index is 1.56. The summed E-state index contributed by atoms with van der Waals surface area (Å²) in [5.41, 5.74) is 1.25. The maximum absolute atomic E-state index is 5.94. The van der Waals surface area contributed by atoms with Gasteiger partial charge < -0.3 is 9.26 Å². The highest BCUT2D eigenvalue weighted by Gasteiger charge is 2.25. The van der Waals surface area contributed by atoms with Crippen LogP contribution in [0.15, 0.2) is 28.8 Å². The molecule has 25 heavy (non-hydrogen) atoms. The molecule has 1 saturated heterocycles. The summed E-state index contributed by atoms with van der Waals surface area (Å²) in [5.74, 6) is 2.40. The lowest BCUT2D eigenvalue weighted by Crippen LogP contribution is -2.46. The molecule has 3 rings (SSSR count). The van der Waals surface area contributed by atoms with Crippen molar-refractivity contribution in [2.24, 2.45) is 0 Å². The van der Waals surface area contributed by atoms with E-state index in [2.05, 4.69) is 58.9 Å². The zero-order valence-corrected chi connectivity index (χ0v) is 15.6. The summed E-state index contributed by atoms with van der Waals surface area (Å²) in [5, 5.41) is 3.90. The summed E-state index contributed by atoms with van der Waals surface area (Å²) < 4.78 is 11.3. The Hall–Kier alpha value is -1.92. The number of benzene rings is 1. The minimum absolute atomic E-state index is 0.167. The van der Waals surface area contributed by atoms with E-state index in [4.69, 9.17) is 9.26 Å². The van der Waals surface area contributed by atoms with Crippen LogP contribution in [0.2, 0.25) is 0 Å². The predicted molar refractivity (Wildman–Crippen MR) is 96.5 cm³/mol. The number of aromatic nitrogens is 2. The first kappa shape index (κ1) is 17.9. The Morgan fingerprint density at radius 2 is 1.84 bits per heavy atom. The van der Waals surface area contributed by atoms with E-state index in [-0.39, 0.29) is 12.1 Å². The topological polar surface area (TPSA) is 54.6 Å². The number of ether oxygens (including phenoxy) is 1. The molecule has 0 bridgehead atoms. The fourth-order valence-electron chi connectivity index (χ4n) is 3.19. The Morgan fingerprint density at radius 3 is 2.48 bits per heavy atom. The highest BCUT2D eigenvalue weighted by atomic mass is 16.5. The van der Waals surface area contributed by atoms with Gasteiger partial charge in [0.1, 0.15) is 5.75 Å². The molecule has 0 unspecified atom stereocenters. The van der Waals surface area contributed by atoms with Gasteiger partial charge in [-0.05, 0) is 33.8 Å². The van der Waals surface area contributed by atoms with Gasteiger partial charge in [0.2, 0.25) is 5.89 Å². The molecule has 0 spiro atoms. The third-order valence-corrected chi connectivity index (χ3v) is 4.58. The van der Waals surface area contributed by atoms with Crippen LogP contribution in [-0.2, 0) is 6.54 Å². The second kappa shape index (κ2) is 7.97. The number of hydrogen-bond donors (Lipinski definition) is 0. The number of piperazine rings is 1. The molecule has 6 nitrogen and oxygen atoms in total. The molecule has 0 N–H and O–H groups in total. The maximum atomic E-state index is 5.94. The Labute approximate surface area is 149 Å². The zero-order valence-electron chi connectivity index (χ0n) is 15.6.